The molecule has 0 unspecified atom stereocenters. The average Bonchev–Trinajstić information content (AvgIpc) is 3.28. The van der Waals surface area contributed by atoms with Crippen molar-refractivity contribution in [2.75, 3.05) is 37.8 Å². The predicted octanol–water partition coefficient (Wildman–Crippen LogP) is 1.35. The largest absolute Gasteiger partial charge is 0.465 e. The number of nitrogens with two attached hydrogens (primary N) is 1. The van der Waals surface area contributed by atoms with Crippen LogP contribution in [0.25, 0.3) is 0 Å². The molecule has 1 aliphatic rings. The zero-order valence-corrected chi connectivity index (χ0v) is 12.1. The fourth-order valence-corrected chi connectivity index (χ4v) is 2.24. The van der Waals surface area contributed by atoms with Crippen LogP contribution in [0, 0.1) is 0 Å². The predicted molar refractivity (Wildman–Crippen MR) is 78.7 cm³/mol. The summed E-state index contributed by atoms with van der Waals surface area (Å²) in [7, 11) is 1.35. The number of likely N-dealkylation sites (N-methyl/N-ethyl adjacent to an activating group) is 1. The maximum atomic E-state index is 11.7. The number of carbonyl (C=O) groups excluding carboxylic acids is 1. The summed E-state index contributed by atoms with van der Waals surface area (Å²) in [5.74, 6) is 0.0970. The number of methoxy groups -OCH3 is 1. The monoisotopic (exact) mass is 278 g/mol. The molecule has 6 heteroatoms. The van der Waals surface area contributed by atoms with Crippen LogP contribution in [0.1, 0.15) is 30.1 Å². The van der Waals surface area contributed by atoms with Gasteiger partial charge in [-0.1, -0.05) is 6.92 Å². The topological polar surface area (TPSA) is 80.5 Å². The lowest BCUT2D eigenvalue weighted by molar-refractivity contribution is 0.0601. The third kappa shape index (κ3) is 3.60. The number of carbonyl (C=O) groups is 1. The van der Waals surface area contributed by atoms with Crippen LogP contribution >= 0.6 is 0 Å². The first-order chi connectivity index (χ1) is 9.65. The maximum Gasteiger partial charge on any atom is 0.341 e. The fraction of sp³-hybridized carbons (Fsp3) is 0.571. The summed E-state index contributed by atoms with van der Waals surface area (Å²) >= 11 is 0. The summed E-state index contributed by atoms with van der Waals surface area (Å²) in [4.78, 5) is 18.3. The summed E-state index contributed by atoms with van der Waals surface area (Å²) in [5.41, 5.74) is 6.49. The lowest BCUT2D eigenvalue weighted by Gasteiger charge is -2.20. The molecule has 0 bridgehead atoms. The van der Waals surface area contributed by atoms with Gasteiger partial charge in [-0.25, -0.2) is 9.78 Å². The number of hydrogen-bond acceptors (Lipinski definition) is 6. The molecular formula is C14H22N4O2. The molecule has 0 saturated heterocycles. The van der Waals surface area contributed by atoms with Crippen molar-refractivity contribution >= 4 is 17.5 Å². The second kappa shape index (κ2) is 6.56. The molecule has 1 fully saturated rings. The van der Waals surface area contributed by atoms with E-state index in [1.165, 1.54) is 26.1 Å². The van der Waals surface area contributed by atoms with Crippen LogP contribution in [-0.2, 0) is 4.74 Å². The lowest BCUT2D eigenvalue weighted by atomic mass is 10.2. The molecule has 2 rings (SSSR count). The summed E-state index contributed by atoms with van der Waals surface area (Å²) in [6.07, 6.45) is 4.12. The van der Waals surface area contributed by atoms with Gasteiger partial charge in [0, 0.05) is 19.1 Å². The van der Waals surface area contributed by atoms with Gasteiger partial charge in [-0.05, 0) is 25.5 Å². The standard InChI is InChI=1S/C14H22N4O2/c1-3-18(11-4-5-11)7-6-16-13-12(14(19)20-2)8-10(15)9-17-13/h8-9,11H,3-7,15H2,1-2H3,(H,16,17). The van der Waals surface area contributed by atoms with E-state index in [4.69, 9.17) is 10.5 Å². The number of rotatable bonds is 7. The number of hydrogen-bond donors (Lipinski definition) is 2. The lowest BCUT2D eigenvalue weighted by Crippen LogP contribution is -2.31. The van der Waals surface area contributed by atoms with Crippen molar-refractivity contribution in [1.82, 2.24) is 9.88 Å². The fourth-order valence-electron chi connectivity index (χ4n) is 2.24. The van der Waals surface area contributed by atoms with Crippen molar-refractivity contribution in [2.45, 2.75) is 25.8 Å². The van der Waals surface area contributed by atoms with Gasteiger partial charge in [-0.15, -0.1) is 0 Å². The van der Waals surface area contributed by atoms with Crippen molar-refractivity contribution in [1.29, 1.82) is 0 Å². The van der Waals surface area contributed by atoms with E-state index < -0.39 is 5.97 Å². The highest BCUT2D eigenvalue weighted by atomic mass is 16.5. The van der Waals surface area contributed by atoms with Crippen LogP contribution in [0.2, 0.25) is 0 Å². The Morgan fingerprint density at radius 1 is 1.60 bits per heavy atom. The van der Waals surface area contributed by atoms with Crippen LogP contribution in [0.3, 0.4) is 0 Å². The number of ether oxygens (including phenoxy) is 1. The SMILES string of the molecule is CCN(CCNc1ncc(N)cc1C(=O)OC)C1CC1. The Labute approximate surface area is 119 Å². The van der Waals surface area contributed by atoms with Gasteiger partial charge in [0.25, 0.3) is 0 Å². The molecule has 0 amide bonds. The quantitative estimate of drug-likeness (QED) is 0.733. The molecule has 0 aliphatic heterocycles. The third-order valence-electron chi connectivity index (χ3n) is 3.48. The molecular weight excluding hydrogens is 256 g/mol. The highest BCUT2D eigenvalue weighted by molar-refractivity contribution is 5.95. The molecule has 20 heavy (non-hydrogen) atoms. The Kier molecular flexibility index (Phi) is 4.79. The molecule has 1 heterocycles. The smallest absolute Gasteiger partial charge is 0.341 e. The zero-order chi connectivity index (χ0) is 14.5. The van der Waals surface area contributed by atoms with Crippen molar-refractivity contribution in [3.05, 3.63) is 17.8 Å². The van der Waals surface area contributed by atoms with Crippen LogP contribution < -0.4 is 11.1 Å². The van der Waals surface area contributed by atoms with Gasteiger partial charge in [0.15, 0.2) is 0 Å². The molecule has 1 aliphatic carbocycles. The Bertz CT molecular complexity index is 474. The average molecular weight is 278 g/mol. The van der Waals surface area contributed by atoms with Crippen LogP contribution in [-0.4, -0.2) is 48.6 Å². The second-order valence-corrected chi connectivity index (χ2v) is 4.94. The Balaban J connectivity index is 1.96. The number of nitrogen functional groups attached to an aromatic ring is 1. The summed E-state index contributed by atoms with van der Waals surface area (Å²) < 4.78 is 4.74. The normalized spacial score (nSPS) is 14.3. The number of nitrogens with one attached hydrogen (secondary N) is 1. The number of nitrogens with zero attached hydrogens (tertiary/aromatic N) is 2. The summed E-state index contributed by atoms with van der Waals surface area (Å²) in [5, 5.41) is 3.19. The first kappa shape index (κ1) is 14.6. The van der Waals surface area contributed by atoms with E-state index >= 15 is 0 Å². The van der Waals surface area contributed by atoms with Gasteiger partial charge < -0.3 is 15.8 Å². The van der Waals surface area contributed by atoms with Crippen molar-refractivity contribution < 1.29 is 9.53 Å². The molecule has 1 saturated carbocycles. The molecule has 0 aromatic carbocycles. The van der Waals surface area contributed by atoms with E-state index in [0.29, 0.717) is 17.1 Å². The minimum atomic E-state index is -0.429. The van der Waals surface area contributed by atoms with E-state index in [0.717, 1.165) is 25.7 Å². The van der Waals surface area contributed by atoms with Gasteiger partial charge in [0.05, 0.1) is 19.0 Å². The number of pyridine rings is 1. The summed E-state index contributed by atoms with van der Waals surface area (Å²) in [6, 6.07) is 2.32. The van der Waals surface area contributed by atoms with Crippen LogP contribution in [0.5, 0.6) is 0 Å². The van der Waals surface area contributed by atoms with Gasteiger partial charge in [0.2, 0.25) is 0 Å². The molecule has 110 valence electrons. The van der Waals surface area contributed by atoms with E-state index in [-0.39, 0.29) is 0 Å². The molecule has 3 N–H and O–H groups in total. The number of aromatic nitrogens is 1. The Morgan fingerprint density at radius 2 is 2.35 bits per heavy atom. The van der Waals surface area contributed by atoms with E-state index in [1.54, 1.807) is 6.07 Å². The van der Waals surface area contributed by atoms with Crippen molar-refractivity contribution in [2.24, 2.45) is 0 Å². The van der Waals surface area contributed by atoms with Crippen LogP contribution in [0.15, 0.2) is 12.3 Å². The van der Waals surface area contributed by atoms with Crippen LogP contribution in [0.4, 0.5) is 11.5 Å². The van der Waals surface area contributed by atoms with Gasteiger partial charge in [0.1, 0.15) is 11.4 Å². The van der Waals surface area contributed by atoms with E-state index in [2.05, 4.69) is 22.1 Å². The first-order valence-corrected chi connectivity index (χ1v) is 6.97. The van der Waals surface area contributed by atoms with Crippen molar-refractivity contribution in [3.8, 4) is 0 Å². The van der Waals surface area contributed by atoms with E-state index in [9.17, 15) is 4.79 Å². The molecule has 6 nitrogen and oxygen atoms in total. The van der Waals surface area contributed by atoms with E-state index in [1.807, 2.05) is 0 Å². The third-order valence-corrected chi connectivity index (χ3v) is 3.48. The minimum Gasteiger partial charge on any atom is -0.465 e. The van der Waals surface area contributed by atoms with Crippen molar-refractivity contribution in [3.63, 3.8) is 0 Å². The highest BCUT2D eigenvalue weighted by Gasteiger charge is 2.27. The highest BCUT2D eigenvalue weighted by Crippen LogP contribution is 2.26. The second-order valence-electron chi connectivity index (χ2n) is 4.94. The minimum absolute atomic E-state index is 0.377. The molecule has 0 spiro atoms. The van der Waals surface area contributed by atoms with Gasteiger partial charge in [-0.2, -0.15) is 0 Å². The maximum absolute atomic E-state index is 11.7. The number of anilines is 2. The van der Waals surface area contributed by atoms with Gasteiger partial charge >= 0.3 is 5.97 Å². The molecule has 0 radical (unpaired) electrons. The molecule has 1 aromatic heterocycles. The number of esters is 1. The van der Waals surface area contributed by atoms with Gasteiger partial charge in [-0.3, -0.25) is 4.90 Å². The zero-order valence-electron chi connectivity index (χ0n) is 12.1. The summed E-state index contributed by atoms with van der Waals surface area (Å²) in [6.45, 7) is 4.89. The Morgan fingerprint density at radius 3 is 2.95 bits per heavy atom. The molecule has 1 aromatic rings. The first-order valence-electron chi connectivity index (χ1n) is 6.97. The Hall–Kier alpha value is -1.82. The molecule has 0 atom stereocenters.